The maximum Gasteiger partial charge on any atom is 0.573 e. The zero-order chi connectivity index (χ0) is 14.5. The van der Waals surface area contributed by atoms with Crippen molar-refractivity contribution < 1.29 is 22.6 Å². The molecule has 0 unspecified atom stereocenters. The third-order valence-electron chi connectivity index (χ3n) is 2.09. The summed E-state index contributed by atoms with van der Waals surface area (Å²) >= 11 is 0. The number of nitrogens with one attached hydrogen (secondary N) is 1. The van der Waals surface area contributed by atoms with Crippen LogP contribution in [0, 0.1) is 0 Å². The minimum atomic E-state index is -4.72. The summed E-state index contributed by atoms with van der Waals surface area (Å²) in [6, 6.07) is 5.72. The van der Waals surface area contributed by atoms with Crippen molar-refractivity contribution >= 4 is 0 Å². The Kier molecular flexibility index (Phi) is 5.05. The molecule has 1 aromatic carbocycles. The second-order valence-electron chi connectivity index (χ2n) is 5.02. The van der Waals surface area contributed by atoms with Crippen molar-refractivity contribution in [2.45, 2.75) is 32.7 Å². The summed E-state index contributed by atoms with van der Waals surface area (Å²) in [7, 11) is 0. The molecule has 6 heteroatoms. The van der Waals surface area contributed by atoms with Crippen LogP contribution in [0.1, 0.15) is 20.8 Å². The molecule has 0 aliphatic carbocycles. The summed E-state index contributed by atoms with van der Waals surface area (Å²) in [6.45, 7) is 6.77. The van der Waals surface area contributed by atoms with Crippen molar-refractivity contribution in [1.29, 1.82) is 0 Å². The zero-order valence-corrected chi connectivity index (χ0v) is 11.2. The van der Waals surface area contributed by atoms with Gasteiger partial charge in [-0.15, -0.1) is 13.2 Å². The van der Waals surface area contributed by atoms with E-state index in [-0.39, 0.29) is 23.6 Å². The van der Waals surface area contributed by atoms with Crippen LogP contribution in [0.2, 0.25) is 0 Å². The lowest BCUT2D eigenvalue weighted by atomic mass is 10.1. The number of halogens is 3. The lowest BCUT2D eigenvalue weighted by Crippen LogP contribution is -2.38. The van der Waals surface area contributed by atoms with Crippen molar-refractivity contribution in [2.75, 3.05) is 13.2 Å². The van der Waals surface area contributed by atoms with Crippen molar-refractivity contribution in [1.82, 2.24) is 5.32 Å². The Morgan fingerprint density at radius 3 is 2.16 bits per heavy atom. The molecule has 0 fully saturated rings. The molecule has 19 heavy (non-hydrogen) atoms. The molecule has 1 aromatic rings. The van der Waals surface area contributed by atoms with Gasteiger partial charge in [-0.3, -0.25) is 0 Å². The zero-order valence-electron chi connectivity index (χ0n) is 11.2. The minimum absolute atomic E-state index is 0.0641. The van der Waals surface area contributed by atoms with Crippen LogP contribution in [-0.4, -0.2) is 25.1 Å². The van der Waals surface area contributed by atoms with Gasteiger partial charge in [0.15, 0.2) is 11.5 Å². The van der Waals surface area contributed by atoms with Crippen LogP contribution in [0.4, 0.5) is 13.2 Å². The first-order valence-corrected chi connectivity index (χ1v) is 5.90. The van der Waals surface area contributed by atoms with Gasteiger partial charge in [0.1, 0.15) is 6.61 Å². The fourth-order valence-corrected chi connectivity index (χ4v) is 1.37. The van der Waals surface area contributed by atoms with E-state index in [1.165, 1.54) is 18.2 Å². The smallest absolute Gasteiger partial charge is 0.488 e. The molecular weight excluding hydrogens is 259 g/mol. The molecule has 0 aliphatic rings. The Hall–Kier alpha value is -1.43. The molecule has 3 nitrogen and oxygen atoms in total. The first-order chi connectivity index (χ1) is 8.67. The quantitative estimate of drug-likeness (QED) is 0.837. The predicted molar refractivity (Wildman–Crippen MR) is 66.4 cm³/mol. The molecule has 108 valence electrons. The first kappa shape index (κ1) is 15.6. The largest absolute Gasteiger partial charge is 0.573 e. The summed E-state index contributed by atoms with van der Waals surface area (Å²) < 4.78 is 45.7. The van der Waals surface area contributed by atoms with E-state index >= 15 is 0 Å². The molecule has 0 spiro atoms. The van der Waals surface area contributed by atoms with Gasteiger partial charge >= 0.3 is 6.36 Å². The van der Waals surface area contributed by atoms with Gasteiger partial charge in [-0.05, 0) is 32.9 Å². The molecule has 1 rings (SSSR count). The second kappa shape index (κ2) is 6.14. The van der Waals surface area contributed by atoms with Gasteiger partial charge in [0, 0.05) is 12.1 Å². The van der Waals surface area contributed by atoms with Crippen LogP contribution in [-0.2, 0) is 0 Å². The number of ether oxygens (including phenoxy) is 2. The van der Waals surface area contributed by atoms with Crippen LogP contribution < -0.4 is 14.8 Å². The highest BCUT2D eigenvalue weighted by Crippen LogP contribution is 2.31. The lowest BCUT2D eigenvalue weighted by molar-refractivity contribution is -0.275. The Labute approximate surface area is 110 Å². The molecule has 0 amide bonds. The van der Waals surface area contributed by atoms with Gasteiger partial charge in [-0.25, -0.2) is 0 Å². The summed E-state index contributed by atoms with van der Waals surface area (Å²) in [6.07, 6.45) is -4.72. The minimum Gasteiger partial charge on any atom is -0.488 e. The van der Waals surface area contributed by atoms with Gasteiger partial charge in [-0.2, -0.15) is 0 Å². The molecule has 0 saturated heterocycles. The highest BCUT2D eigenvalue weighted by molar-refractivity contribution is 5.39. The average Bonchev–Trinajstić information content (AvgIpc) is 2.23. The van der Waals surface area contributed by atoms with E-state index in [0.29, 0.717) is 6.54 Å². The van der Waals surface area contributed by atoms with E-state index in [1.54, 1.807) is 6.07 Å². The normalized spacial score (nSPS) is 12.3. The average molecular weight is 277 g/mol. The monoisotopic (exact) mass is 277 g/mol. The van der Waals surface area contributed by atoms with Crippen LogP contribution in [0.25, 0.3) is 0 Å². The summed E-state index contributed by atoms with van der Waals surface area (Å²) in [4.78, 5) is 0. The van der Waals surface area contributed by atoms with Gasteiger partial charge in [0.05, 0.1) is 0 Å². The molecule has 0 heterocycles. The molecule has 0 aliphatic heterocycles. The van der Waals surface area contributed by atoms with Gasteiger partial charge in [0.2, 0.25) is 0 Å². The van der Waals surface area contributed by atoms with E-state index < -0.39 is 6.36 Å². The van der Waals surface area contributed by atoms with E-state index in [0.717, 1.165) is 0 Å². The lowest BCUT2D eigenvalue weighted by Gasteiger charge is -2.21. The summed E-state index contributed by atoms with van der Waals surface area (Å²) in [5.41, 5.74) is -0.0641. The maximum atomic E-state index is 12.2. The third-order valence-corrected chi connectivity index (χ3v) is 2.09. The first-order valence-electron chi connectivity index (χ1n) is 5.90. The van der Waals surface area contributed by atoms with Gasteiger partial charge < -0.3 is 14.8 Å². The Bertz CT molecular complexity index is 400. The Morgan fingerprint density at radius 1 is 1.05 bits per heavy atom. The van der Waals surface area contributed by atoms with E-state index in [9.17, 15) is 13.2 Å². The Balaban J connectivity index is 2.54. The van der Waals surface area contributed by atoms with Crippen molar-refractivity contribution in [3.63, 3.8) is 0 Å². The van der Waals surface area contributed by atoms with Crippen molar-refractivity contribution in [2.24, 2.45) is 0 Å². The van der Waals surface area contributed by atoms with Gasteiger partial charge in [0.25, 0.3) is 0 Å². The number of para-hydroxylation sites is 2. The second-order valence-corrected chi connectivity index (χ2v) is 5.02. The van der Waals surface area contributed by atoms with E-state index in [4.69, 9.17) is 4.74 Å². The molecule has 0 atom stereocenters. The van der Waals surface area contributed by atoms with Crippen LogP contribution in [0.15, 0.2) is 24.3 Å². The van der Waals surface area contributed by atoms with Crippen molar-refractivity contribution in [3.8, 4) is 11.5 Å². The fourth-order valence-electron chi connectivity index (χ4n) is 1.37. The number of benzene rings is 1. The molecule has 0 bridgehead atoms. The molecule has 1 N–H and O–H groups in total. The third kappa shape index (κ3) is 6.91. The standard InChI is InChI=1S/C13H18F3NO2/c1-12(2,3)17-8-9-18-10-6-4-5-7-11(10)19-13(14,15)16/h4-7,17H,8-9H2,1-3H3. The van der Waals surface area contributed by atoms with Gasteiger partial charge in [-0.1, -0.05) is 12.1 Å². The molecular formula is C13H18F3NO2. The number of hydrogen-bond acceptors (Lipinski definition) is 3. The van der Waals surface area contributed by atoms with Crippen molar-refractivity contribution in [3.05, 3.63) is 24.3 Å². The highest BCUT2D eigenvalue weighted by atomic mass is 19.4. The van der Waals surface area contributed by atoms with E-state index in [2.05, 4.69) is 10.1 Å². The van der Waals surface area contributed by atoms with Crippen LogP contribution in [0.3, 0.4) is 0 Å². The SMILES string of the molecule is CC(C)(C)NCCOc1ccccc1OC(F)(F)F. The number of alkyl halides is 3. The molecule has 0 aromatic heterocycles. The van der Waals surface area contributed by atoms with Crippen LogP contribution in [0.5, 0.6) is 11.5 Å². The predicted octanol–water partition coefficient (Wildman–Crippen LogP) is 3.35. The highest BCUT2D eigenvalue weighted by Gasteiger charge is 2.32. The maximum absolute atomic E-state index is 12.2. The summed E-state index contributed by atoms with van der Waals surface area (Å²) in [5.74, 6) is -0.249. The van der Waals surface area contributed by atoms with E-state index in [1.807, 2.05) is 20.8 Å². The number of hydrogen-bond donors (Lipinski definition) is 1. The summed E-state index contributed by atoms with van der Waals surface area (Å²) in [5, 5.41) is 3.17. The number of rotatable bonds is 5. The molecule has 0 saturated carbocycles. The van der Waals surface area contributed by atoms with Crippen LogP contribution >= 0.6 is 0 Å². The molecule has 0 radical (unpaired) electrons. The Morgan fingerprint density at radius 2 is 1.63 bits per heavy atom. The topological polar surface area (TPSA) is 30.5 Å². The fraction of sp³-hybridized carbons (Fsp3) is 0.538.